The van der Waals surface area contributed by atoms with Gasteiger partial charge in [0.15, 0.2) is 16.9 Å². The van der Waals surface area contributed by atoms with Crippen molar-refractivity contribution in [3.63, 3.8) is 0 Å². The number of sulfone groups is 1. The summed E-state index contributed by atoms with van der Waals surface area (Å²) in [6.07, 6.45) is -1.21. The molecule has 0 aromatic heterocycles. The first kappa shape index (κ1) is 17.1. The normalized spacial score (nSPS) is 24.5. The third-order valence-electron chi connectivity index (χ3n) is 4.76. The van der Waals surface area contributed by atoms with Crippen molar-refractivity contribution < 1.29 is 28.0 Å². The van der Waals surface area contributed by atoms with Gasteiger partial charge in [-0.25, -0.2) is 13.3 Å². The molecule has 2 heterocycles. The lowest BCUT2D eigenvalue weighted by Crippen LogP contribution is -2.36. The first-order valence-corrected chi connectivity index (χ1v) is 9.15. The van der Waals surface area contributed by atoms with Gasteiger partial charge in [0.1, 0.15) is 10.4 Å². The molecule has 9 heteroatoms. The van der Waals surface area contributed by atoms with Gasteiger partial charge in [0, 0.05) is 24.7 Å². The molecule has 132 valence electrons. The number of benzene rings is 1. The smallest absolute Gasteiger partial charge is 0.340 e. The van der Waals surface area contributed by atoms with E-state index in [1.54, 1.807) is 0 Å². The Morgan fingerprint density at radius 2 is 1.96 bits per heavy atom. The molecule has 24 heavy (non-hydrogen) atoms. The summed E-state index contributed by atoms with van der Waals surface area (Å²) in [6.45, 7) is 5.01. The summed E-state index contributed by atoms with van der Waals surface area (Å²) in [4.78, 5) is 19.1. The van der Waals surface area contributed by atoms with Crippen molar-refractivity contribution in [3.8, 4) is 0 Å². The Balaban J connectivity index is 2.22. The van der Waals surface area contributed by atoms with E-state index in [4.69, 9.17) is 9.57 Å². The van der Waals surface area contributed by atoms with Gasteiger partial charge in [-0.1, -0.05) is 0 Å². The van der Waals surface area contributed by atoms with Gasteiger partial charge < -0.3 is 14.7 Å². The first-order chi connectivity index (χ1) is 11.2. The SMILES string of the molecule is CO[N+](=O)c1cc2c(cc1N1CCOCC1)S(=O)(=O)C(C)(C)C2O. The number of rotatable bonds is 3. The lowest BCUT2D eigenvalue weighted by Gasteiger charge is -2.28. The van der Waals surface area contributed by atoms with Crippen LogP contribution in [-0.4, -0.2) is 56.6 Å². The van der Waals surface area contributed by atoms with Crippen molar-refractivity contribution in [1.82, 2.24) is 0 Å². The van der Waals surface area contributed by atoms with Crippen LogP contribution in [0.3, 0.4) is 0 Å². The summed E-state index contributed by atoms with van der Waals surface area (Å²) < 4.78 is 29.5. The van der Waals surface area contributed by atoms with Crippen LogP contribution in [-0.2, 0) is 19.4 Å². The summed E-state index contributed by atoms with van der Waals surface area (Å²) in [5.41, 5.74) is 0.859. The van der Waals surface area contributed by atoms with Crippen molar-refractivity contribution in [3.05, 3.63) is 22.6 Å². The molecule has 0 spiro atoms. The molecule has 1 aromatic carbocycles. The molecule has 0 aliphatic carbocycles. The Morgan fingerprint density at radius 1 is 1.33 bits per heavy atom. The largest absolute Gasteiger partial charge is 0.387 e. The van der Waals surface area contributed by atoms with E-state index >= 15 is 0 Å². The van der Waals surface area contributed by atoms with E-state index in [0.29, 0.717) is 36.9 Å². The van der Waals surface area contributed by atoms with E-state index in [2.05, 4.69) is 0 Å². The van der Waals surface area contributed by atoms with Gasteiger partial charge in [-0.15, -0.1) is 0 Å². The molecule has 3 rings (SSSR count). The van der Waals surface area contributed by atoms with Crippen LogP contribution < -0.4 is 4.90 Å². The van der Waals surface area contributed by atoms with Crippen molar-refractivity contribution in [2.24, 2.45) is 0 Å². The van der Waals surface area contributed by atoms with E-state index in [-0.39, 0.29) is 16.1 Å². The molecule has 1 atom stereocenters. The molecule has 0 saturated carbocycles. The average molecular weight is 357 g/mol. The Kier molecular flexibility index (Phi) is 4.05. The Bertz CT molecular complexity index is 783. The average Bonchev–Trinajstić information content (AvgIpc) is 2.71. The van der Waals surface area contributed by atoms with Gasteiger partial charge >= 0.3 is 5.69 Å². The number of aliphatic hydroxyl groups excluding tert-OH is 1. The number of fused-ring (bicyclic) bond motifs is 1. The zero-order valence-electron chi connectivity index (χ0n) is 13.9. The lowest BCUT2D eigenvalue weighted by molar-refractivity contribution is -0.736. The number of anilines is 1. The molecule has 1 saturated heterocycles. The van der Waals surface area contributed by atoms with Crippen LogP contribution in [0.4, 0.5) is 11.4 Å². The number of aliphatic hydroxyl groups is 1. The lowest BCUT2D eigenvalue weighted by atomic mass is 9.98. The molecular weight excluding hydrogens is 336 g/mol. The van der Waals surface area contributed by atoms with Crippen LogP contribution in [0.25, 0.3) is 0 Å². The van der Waals surface area contributed by atoms with Crippen molar-refractivity contribution >= 4 is 21.2 Å². The van der Waals surface area contributed by atoms with Crippen LogP contribution in [0.5, 0.6) is 0 Å². The van der Waals surface area contributed by atoms with Gasteiger partial charge in [0.05, 0.1) is 29.1 Å². The number of hydrogen-bond acceptors (Lipinski definition) is 7. The maximum absolute atomic E-state index is 12.8. The zero-order chi connectivity index (χ0) is 17.7. The molecule has 1 aromatic rings. The summed E-state index contributed by atoms with van der Waals surface area (Å²) in [5, 5.41) is 10.5. The zero-order valence-corrected chi connectivity index (χ0v) is 14.7. The fourth-order valence-electron chi connectivity index (χ4n) is 3.13. The monoisotopic (exact) mass is 357 g/mol. The second kappa shape index (κ2) is 5.68. The Labute approximate surface area is 140 Å². The quantitative estimate of drug-likeness (QED) is 0.809. The molecule has 8 nitrogen and oxygen atoms in total. The third kappa shape index (κ3) is 2.30. The fourth-order valence-corrected chi connectivity index (χ4v) is 4.86. The van der Waals surface area contributed by atoms with Crippen molar-refractivity contribution in [2.45, 2.75) is 29.6 Å². The molecule has 0 bridgehead atoms. The van der Waals surface area contributed by atoms with Crippen molar-refractivity contribution in [2.75, 3.05) is 38.3 Å². The highest BCUT2D eigenvalue weighted by molar-refractivity contribution is 7.93. The van der Waals surface area contributed by atoms with Crippen LogP contribution in [0.2, 0.25) is 0 Å². The van der Waals surface area contributed by atoms with Gasteiger partial charge in [0.2, 0.25) is 0 Å². The predicted octanol–water partition coefficient (Wildman–Crippen LogP) is 1.09. The van der Waals surface area contributed by atoms with Crippen LogP contribution >= 0.6 is 0 Å². The van der Waals surface area contributed by atoms with Gasteiger partial charge in [-0.2, -0.15) is 0 Å². The first-order valence-electron chi connectivity index (χ1n) is 7.66. The summed E-state index contributed by atoms with van der Waals surface area (Å²) in [5.74, 6) is 0. The maximum atomic E-state index is 12.8. The van der Waals surface area contributed by atoms with Gasteiger partial charge in [-0.3, -0.25) is 0 Å². The molecular formula is C15H21N2O6S+. The van der Waals surface area contributed by atoms with Gasteiger partial charge in [0.25, 0.3) is 4.92 Å². The van der Waals surface area contributed by atoms with E-state index in [1.165, 1.54) is 33.1 Å². The molecule has 2 aliphatic heterocycles. The van der Waals surface area contributed by atoms with E-state index in [1.807, 2.05) is 4.90 Å². The van der Waals surface area contributed by atoms with E-state index < -0.39 is 20.7 Å². The minimum atomic E-state index is -3.71. The van der Waals surface area contributed by atoms with Crippen LogP contribution in [0.15, 0.2) is 17.0 Å². The predicted molar refractivity (Wildman–Crippen MR) is 86.0 cm³/mol. The highest BCUT2D eigenvalue weighted by atomic mass is 32.2. The molecule has 1 fully saturated rings. The van der Waals surface area contributed by atoms with Crippen LogP contribution in [0.1, 0.15) is 25.5 Å². The maximum Gasteiger partial charge on any atom is 0.340 e. The Morgan fingerprint density at radius 3 is 2.54 bits per heavy atom. The fraction of sp³-hybridized carbons (Fsp3) is 0.600. The third-order valence-corrected chi connectivity index (χ3v) is 7.30. The standard InChI is InChI=1S/C15H21N2O6S/c1-15(2)14(18)10-8-12(17(19)22-3)11(9-13(10)24(15,20)21)16-4-6-23-7-5-16/h8-9,14,18H,4-7H2,1-3H3/q+1. The Hall–Kier alpha value is -1.71. The highest BCUT2D eigenvalue weighted by Crippen LogP contribution is 2.49. The molecule has 2 aliphatic rings. The number of morpholine rings is 1. The summed E-state index contributed by atoms with van der Waals surface area (Å²) in [6, 6.07) is 2.88. The number of hydrogen-bond donors (Lipinski definition) is 1. The minimum absolute atomic E-state index is 0.0646. The van der Waals surface area contributed by atoms with Crippen molar-refractivity contribution in [1.29, 1.82) is 0 Å². The van der Waals surface area contributed by atoms with Gasteiger partial charge in [-0.05, 0) is 19.9 Å². The topological polar surface area (TPSA) is 96.2 Å². The minimum Gasteiger partial charge on any atom is -0.387 e. The number of nitrogens with zero attached hydrogens (tertiary/aromatic N) is 2. The van der Waals surface area contributed by atoms with Crippen LogP contribution in [0, 0.1) is 4.91 Å². The molecule has 0 amide bonds. The second-order valence-corrected chi connectivity index (χ2v) is 8.93. The molecule has 0 radical (unpaired) electrons. The molecule has 1 unspecified atom stereocenters. The molecule has 1 N–H and O–H groups in total. The summed E-state index contributed by atoms with van der Waals surface area (Å²) in [7, 11) is -2.48. The number of ether oxygens (including phenoxy) is 1. The second-order valence-electron chi connectivity index (χ2n) is 6.43. The summed E-state index contributed by atoms with van der Waals surface area (Å²) >= 11 is 0. The highest BCUT2D eigenvalue weighted by Gasteiger charge is 2.52. The van der Waals surface area contributed by atoms with E-state index in [0.717, 1.165) is 0 Å². The van der Waals surface area contributed by atoms with E-state index in [9.17, 15) is 18.4 Å².